The van der Waals surface area contributed by atoms with Crippen molar-refractivity contribution < 1.29 is 26.7 Å². The highest BCUT2D eigenvalue weighted by Crippen LogP contribution is 2.30. The van der Waals surface area contributed by atoms with Gasteiger partial charge in [0.1, 0.15) is 10.6 Å². The molecule has 180 valence electrons. The molecule has 3 aromatic carbocycles. The van der Waals surface area contributed by atoms with Gasteiger partial charge in [-0.2, -0.15) is 4.31 Å². The summed E-state index contributed by atoms with van der Waals surface area (Å²) >= 11 is 0. The summed E-state index contributed by atoms with van der Waals surface area (Å²) in [7, 11) is 0.313. The number of carbonyl (C=O) groups is 1. The van der Waals surface area contributed by atoms with Gasteiger partial charge in [0.15, 0.2) is 11.6 Å². The summed E-state index contributed by atoms with van der Waals surface area (Å²) in [6, 6.07) is 16.1. The lowest BCUT2D eigenvalue weighted by molar-refractivity contribution is 0.0742. The second-order valence-electron chi connectivity index (χ2n) is 7.88. The summed E-state index contributed by atoms with van der Waals surface area (Å²) < 4.78 is 60.1. The molecule has 0 radical (unpaired) electrons. The van der Waals surface area contributed by atoms with Gasteiger partial charge in [-0.05, 0) is 48.4 Å². The lowest BCUT2D eigenvalue weighted by Crippen LogP contribution is -2.30. The molecule has 34 heavy (non-hydrogen) atoms. The van der Waals surface area contributed by atoms with E-state index in [1.165, 1.54) is 54.7 Å². The van der Waals surface area contributed by atoms with Crippen molar-refractivity contribution in [3.8, 4) is 5.75 Å². The SMILES string of the molecule is COc1ccc(C(=O)N(C)C(C)c2ccc(F)c(F)c2)cc1S(=O)(=O)N(C)Cc1ccccc1. The van der Waals surface area contributed by atoms with Crippen LogP contribution in [0.5, 0.6) is 5.75 Å². The Morgan fingerprint density at radius 1 is 0.971 bits per heavy atom. The first-order valence-corrected chi connectivity index (χ1v) is 11.9. The Morgan fingerprint density at radius 2 is 1.65 bits per heavy atom. The first-order chi connectivity index (χ1) is 16.1. The molecule has 0 heterocycles. The second-order valence-corrected chi connectivity index (χ2v) is 9.89. The molecule has 1 atom stereocenters. The number of rotatable bonds is 8. The van der Waals surface area contributed by atoms with Crippen molar-refractivity contribution in [2.75, 3.05) is 21.2 Å². The predicted molar refractivity (Wildman–Crippen MR) is 125 cm³/mol. The Hall–Kier alpha value is -3.30. The largest absolute Gasteiger partial charge is 0.495 e. The Kier molecular flexibility index (Phi) is 7.68. The fraction of sp³-hybridized carbons (Fsp3) is 0.240. The number of methoxy groups -OCH3 is 1. The molecule has 0 aliphatic heterocycles. The van der Waals surface area contributed by atoms with E-state index in [-0.39, 0.29) is 22.8 Å². The van der Waals surface area contributed by atoms with Crippen LogP contribution < -0.4 is 4.74 Å². The van der Waals surface area contributed by atoms with Crippen LogP contribution in [-0.4, -0.2) is 44.7 Å². The smallest absolute Gasteiger partial charge is 0.254 e. The third-order valence-corrected chi connectivity index (χ3v) is 7.50. The highest BCUT2D eigenvalue weighted by atomic mass is 32.2. The normalized spacial score (nSPS) is 12.4. The van der Waals surface area contributed by atoms with Crippen LogP contribution >= 0.6 is 0 Å². The lowest BCUT2D eigenvalue weighted by Gasteiger charge is -2.26. The van der Waals surface area contributed by atoms with Gasteiger partial charge in [0.2, 0.25) is 10.0 Å². The van der Waals surface area contributed by atoms with E-state index < -0.39 is 33.6 Å². The van der Waals surface area contributed by atoms with Crippen molar-refractivity contribution in [2.45, 2.75) is 24.4 Å². The lowest BCUT2D eigenvalue weighted by atomic mass is 10.1. The Bertz CT molecular complexity index is 1280. The molecule has 0 fully saturated rings. The molecule has 0 aliphatic carbocycles. The van der Waals surface area contributed by atoms with Crippen LogP contribution in [0.25, 0.3) is 0 Å². The number of sulfonamides is 1. The van der Waals surface area contributed by atoms with Crippen LogP contribution in [-0.2, 0) is 16.6 Å². The van der Waals surface area contributed by atoms with Gasteiger partial charge < -0.3 is 9.64 Å². The second kappa shape index (κ2) is 10.3. The third-order valence-electron chi connectivity index (χ3n) is 5.67. The number of hydrogen-bond acceptors (Lipinski definition) is 4. The van der Waals surface area contributed by atoms with Crippen LogP contribution in [0.15, 0.2) is 71.6 Å². The molecule has 9 heteroatoms. The number of carbonyl (C=O) groups excluding carboxylic acids is 1. The molecule has 3 rings (SSSR count). The molecular weight excluding hydrogens is 462 g/mol. The van der Waals surface area contributed by atoms with Crippen LogP contribution in [0.1, 0.15) is 34.5 Å². The van der Waals surface area contributed by atoms with E-state index in [0.717, 1.165) is 17.7 Å². The van der Waals surface area contributed by atoms with Crippen LogP contribution in [0.3, 0.4) is 0 Å². The van der Waals surface area contributed by atoms with E-state index in [2.05, 4.69) is 0 Å². The number of ether oxygens (including phenoxy) is 1. The van der Waals surface area contributed by atoms with E-state index in [1.54, 1.807) is 6.92 Å². The van der Waals surface area contributed by atoms with Gasteiger partial charge in [0.25, 0.3) is 5.91 Å². The van der Waals surface area contributed by atoms with E-state index in [1.807, 2.05) is 30.3 Å². The maximum Gasteiger partial charge on any atom is 0.254 e. The first-order valence-electron chi connectivity index (χ1n) is 10.5. The quantitative estimate of drug-likeness (QED) is 0.464. The molecule has 0 bridgehead atoms. The molecule has 1 amide bonds. The van der Waals surface area contributed by atoms with Crippen molar-refractivity contribution >= 4 is 15.9 Å². The Labute approximate surface area is 198 Å². The summed E-state index contributed by atoms with van der Waals surface area (Å²) in [5, 5.41) is 0. The zero-order valence-corrected chi connectivity index (χ0v) is 20.1. The molecule has 0 saturated carbocycles. The van der Waals surface area contributed by atoms with Gasteiger partial charge in [-0.3, -0.25) is 4.79 Å². The van der Waals surface area contributed by atoms with Crippen molar-refractivity contribution in [3.05, 3.63) is 95.1 Å². The monoisotopic (exact) mass is 488 g/mol. The van der Waals surface area contributed by atoms with Gasteiger partial charge >= 0.3 is 0 Å². The van der Waals surface area contributed by atoms with Gasteiger partial charge in [-0.1, -0.05) is 36.4 Å². The van der Waals surface area contributed by atoms with Crippen LogP contribution in [0.4, 0.5) is 8.78 Å². The molecule has 6 nitrogen and oxygen atoms in total. The fourth-order valence-corrected chi connectivity index (χ4v) is 4.82. The van der Waals surface area contributed by atoms with Crippen molar-refractivity contribution in [1.82, 2.24) is 9.21 Å². The van der Waals surface area contributed by atoms with E-state index in [4.69, 9.17) is 4.74 Å². The maximum atomic E-state index is 13.7. The molecule has 0 spiro atoms. The van der Waals surface area contributed by atoms with Crippen molar-refractivity contribution in [2.24, 2.45) is 0 Å². The number of benzene rings is 3. The summed E-state index contributed by atoms with van der Waals surface area (Å²) in [6.07, 6.45) is 0. The molecule has 0 aliphatic rings. The summed E-state index contributed by atoms with van der Waals surface area (Å²) in [5.41, 5.74) is 1.32. The van der Waals surface area contributed by atoms with E-state index in [0.29, 0.717) is 5.56 Å². The van der Waals surface area contributed by atoms with E-state index >= 15 is 0 Å². The van der Waals surface area contributed by atoms with Gasteiger partial charge in [-0.25, -0.2) is 17.2 Å². The van der Waals surface area contributed by atoms with Gasteiger partial charge in [-0.15, -0.1) is 0 Å². The zero-order valence-electron chi connectivity index (χ0n) is 19.3. The number of amides is 1. The average Bonchev–Trinajstić information content (AvgIpc) is 2.84. The number of hydrogen-bond donors (Lipinski definition) is 0. The fourth-order valence-electron chi connectivity index (χ4n) is 3.48. The van der Waals surface area contributed by atoms with Crippen molar-refractivity contribution in [1.29, 1.82) is 0 Å². The number of halogens is 2. The molecular formula is C25H26F2N2O4S. The third kappa shape index (κ3) is 5.26. The topological polar surface area (TPSA) is 66.9 Å². The Morgan fingerprint density at radius 3 is 2.26 bits per heavy atom. The summed E-state index contributed by atoms with van der Waals surface area (Å²) in [6.45, 7) is 1.80. The van der Waals surface area contributed by atoms with E-state index in [9.17, 15) is 22.0 Å². The molecule has 0 saturated heterocycles. The van der Waals surface area contributed by atoms with Gasteiger partial charge in [0.05, 0.1) is 13.2 Å². The minimum absolute atomic E-state index is 0.104. The summed E-state index contributed by atoms with van der Waals surface area (Å²) in [4.78, 5) is 14.3. The Balaban J connectivity index is 1.91. The van der Waals surface area contributed by atoms with Crippen LogP contribution in [0, 0.1) is 11.6 Å². The highest BCUT2D eigenvalue weighted by molar-refractivity contribution is 7.89. The van der Waals surface area contributed by atoms with Gasteiger partial charge in [0, 0.05) is 26.2 Å². The predicted octanol–water partition coefficient (Wildman–Crippen LogP) is 4.63. The van der Waals surface area contributed by atoms with Crippen LogP contribution in [0.2, 0.25) is 0 Å². The summed E-state index contributed by atoms with van der Waals surface area (Å²) in [5.74, 6) is -2.37. The minimum Gasteiger partial charge on any atom is -0.495 e. The highest BCUT2D eigenvalue weighted by Gasteiger charge is 2.28. The molecule has 0 aromatic heterocycles. The minimum atomic E-state index is -4.00. The molecule has 1 unspecified atom stereocenters. The average molecular weight is 489 g/mol. The number of nitrogens with zero attached hydrogens (tertiary/aromatic N) is 2. The standard InChI is InChI=1S/C25H26F2N2O4S/c1-17(19-10-12-21(26)22(27)14-19)29(3)25(30)20-11-13-23(33-4)24(15-20)34(31,32)28(2)16-18-8-6-5-7-9-18/h5-15,17H,16H2,1-4H3. The molecule has 3 aromatic rings. The maximum absolute atomic E-state index is 13.7. The van der Waals surface area contributed by atoms with Crippen molar-refractivity contribution in [3.63, 3.8) is 0 Å². The zero-order chi connectivity index (χ0) is 25.0. The first kappa shape index (κ1) is 25.3. The molecule has 0 N–H and O–H groups in total.